The van der Waals surface area contributed by atoms with E-state index in [1.807, 2.05) is 11.9 Å². The van der Waals surface area contributed by atoms with Crippen molar-refractivity contribution in [3.63, 3.8) is 0 Å². The highest BCUT2D eigenvalue weighted by molar-refractivity contribution is 5.95. The van der Waals surface area contributed by atoms with E-state index >= 15 is 0 Å². The first-order valence-electron chi connectivity index (χ1n) is 5.77. The van der Waals surface area contributed by atoms with Crippen LogP contribution < -0.4 is 10.2 Å². The standard InChI is InChI=1S/C13H16N2O/c1-9(16)15-8-13(5-6-13)11-4-3-10(14-2)7-12(11)15/h3-4,7,14H,5-6,8H2,1-2H3. The molecule has 3 rings (SSSR count). The smallest absolute Gasteiger partial charge is 0.223 e. The van der Waals surface area contributed by atoms with Crippen molar-refractivity contribution < 1.29 is 4.79 Å². The van der Waals surface area contributed by atoms with Gasteiger partial charge in [0.1, 0.15) is 0 Å². The van der Waals surface area contributed by atoms with E-state index in [9.17, 15) is 4.79 Å². The SMILES string of the molecule is CNc1ccc2c(c1)N(C(C)=O)CC21CC1. The van der Waals surface area contributed by atoms with Crippen LogP contribution in [-0.2, 0) is 10.2 Å². The predicted molar refractivity (Wildman–Crippen MR) is 64.9 cm³/mol. The Kier molecular flexibility index (Phi) is 1.82. The third kappa shape index (κ3) is 1.17. The van der Waals surface area contributed by atoms with Gasteiger partial charge in [0.2, 0.25) is 5.91 Å². The molecule has 1 aromatic rings. The summed E-state index contributed by atoms with van der Waals surface area (Å²) in [6.45, 7) is 2.53. The molecule has 1 N–H and O–H groups in total. The summed E-state index contributed by atoms with van der Waals surface area (Å²) in [5, 5.41) is 3.13. The maximum absolute atomic E-state index is 11.6. The number of nitrogens with zero attached hydrogens (tertiary/aromatic N) is 1. The molecule has 1 spiro atoms. The molecule has 0 aromatic heterocycles. The Morgan fingerprint density at radius 1 is 1.44 bits per heavy atom. The molecule has 0 saturated heterocycles. The van der Waals surface area contributed by atoms with Crippen LogP contribution in [0, 0.1) is 0 Å². The van der Waals surface area contributed by atoms with Crippen LogP contribution in [0.25, 0.3) is 0 Å². The van der Waals surface area contributed by atoms with Crippen molar-refractivity contribution in [1.29, 1.82) is 0 Å². The quantitative estimate of drug-likeness (QED) is 0.780. The van der Waals surface area contributed by atoms with Gasteiger partial charge in [0, 0.05) is 37.3 Å². The molecule has 3 nitrogen and oxygen atoms in total. The number of rotatable bonds is 1. The number of carbonyl (C=O) groups excluding carboxylic acids is 1. The summed E-state index contributed by atoms with van der Waals surface area (Å²) in [6.07, 6.45) is 2.45. The summed E-state index contributed by atoms with van der Waals surface area (Å²) in [6, 6.07) is 6.36. The highest BCUT2D eigenvalue weighted by atomic mass is 16.2. The molecule has 0 radical (unpaired) electrons. The highest BCUT2D eigenvalue weighted by Crippen LogP contribution is 2.56. The van der Waals surface area contributed by atoms with Crippen LogP contribution >= 0.6 is 0 Å². The van der Waals surface area contributed by atoms with Crippen molar-refractivity contribution in [2.75, 3.05) is 23.8 Å². The van der Waals surface area contributed by atoms with Crippen molar-refractivity contribution in [3.8, 4) is 0 Å². The molecule has 1 aliphatic carbocycles. The second-order valence-corrected chi connectivity index (χ2v) is 4.87. The van der Waals surface area contributed by atoms with E-state index < -0.39 is 0 Å². The second-order valence-electron chi connectivity index (χ2n) is 4.87. The zero-order valence-corrected chi connectivity index (χ0v) is 9.71. The Bertz CT molecular complexity index is 463. The number of carbonyl (C=O) groups is 1. The zero-order valence-electron chi connectivity index (χ0n) is 9.71. The van der Waals surface area contributed by atoms with Gasteiger partial charge in [0.15, 0.2) is 0 Å². The van der Waals surface area contributed by atoms with Gasteiger partial charge >= 0.3 is 0 Å². The minimum atomic E-state index is 0.151. The first kappa shape index (κ1) is 9.70. The number of benzene rings is 1. The Morgan fingerprint density at radius 2 is 2.19 bits per heavy atom. The fourth-order valence-electron chi connectivity index (χ4n) is 2.69. The van der Waals surface area contributed by atoms with Gasteiger partial charge in [-0.2, -0.15) is 0 Å². The molecule has 1 aromatic carbocycles. The van der Waals surface area contributed by atoms with Gasteiger partial charge in [0.05, 0.1) is 0 Å². The number of nitrogens with one attached hydrogen (secondary N) is 1. The Labute approximate surface area is 95.4 Å². The maximum Gasteiger partial charge on any atom is 0.223 e. The number of fused-ring (bicyclic) bond motifs is 2. The van der Waals surface area contributed by atoms with Gasteiger partial charge in [-0.3, -0.25) is 4.79 Å². The van der Waals surface area contributed by atoms with Crippen LogP contribution in [0.5, 0.6) is 0 Å². The second kappa shape index (κ2) is 3.00. The molecule has 16 heavy (non-hydrogen) atoms. The molecule has 2 aliphatic rings. The molecule has 0 bridgehead atoms. The lowest BCUT2D eigenvalue weighted by Crippen LogP contribution is -2.28. The van der Waals surface area contributed by atoms with Crippen LogP contribution in [0.1, 0.15) is 25.3 Å². The number of hydrogen-bond donors (Lipinski definition) is 1. The summed E-state index contributed by atoms with van der Waals surface area (Å²) in [7, 11) is 1.90. The minimum Gasteiger partial charge on any atom is -0.388 e. The van der Waals surface area contributed by atoms with E-state index in [1.165, 1.54) is 18.4 Å². The average Bonchev–Trinajstić information content (AvgIpc) is 2.97. The van der Waals surface area contributed by atoms with E-state index in [-0.39, 0.29) is 5.91 Å². The van der Waals surface area contributed by atoms with Gasteiger partial charge in [-0.15, -0.1) is 0 Å². The molecular weight excluding hydrogens is 200 g/mol. The fourth-order valence-corrected chi connectivity index (χ4v) is 2.69. The van der Waals surface area contributed by atoms with Gasteiger partial charge in [-0.1, -0.05) is 6.07 Å². The van der Waals surface area contributed by atoms with E-state index in [1.54, 1.807) is 6.92 Å². The Hall–Kier alpha value is -1.51. The van der Waals surface area contributed by atoms with Crippen LogP contribution in [0.15, 0.2) is 18.2 Å². The summed E-state index contributed by atoms with van der Waals surface area (Å²) >= 11 is 0. The van der Waals surface area contributed by atoms with Crippen LogP contribution in [0.4, 0.5) is 11.4 Å². The lowest BCUT2D eigenvalue weighted by atomic mass is 9.98. The van der Waals surface area contributed by atoms with E-state index in [0.717, 1.165) is 17.9 Å². The molecule has 0 unspecified atom stereocenters. The summed E-state index contributed by atoms with van der Waals surface area (Å²) < 4.78 is 0. The van der Waals surface area contributed by atoms with Crippen molar-refractivity contribution in [2.24, 2.45) is 0 Å². The maximum atomic E-state index is 11.6. The molecule has 1 fully saturated rings. The normalized spacial score (nSPS) is 19.8. The fraction of sp³-hybridized carbons (Fsp3) is 0.462. The largest absolute Gasteiger partial charge is 0.388 e. The van der Waals surface area contributed by atoms with Gasteiger partial charge in [-0.05, 0) is 30.5 Å². The van der Waals surface area contributed by atoms with Gasteiger partial charge < -0.3 is 10.2 Å². The minimum absolute atomic E-state index is 0.151. The summed E-state index contributed by atoms with van der Waals surface area (Å²) in [5.41, 5.74) is 3.84. The van der Waals surface area contributed by atoms with Crippen LogP contribution in [0.2, 0.25) is 0 Å². The summed E-state index contributed by atoms with van der Waals surface area (Å²) in [5.74, 6) is 0.151. The van der Waals surface area contributed by atoms with Crippen molar-refractivity contribution in [3.05, 3.63) is 23.8 Å². The first-order chi connectivity index (χ1) is 7.66. The summed E-state index contributed by atoms with van der Waals surface area (Å²) in [4.78, 5) is 13.5. The Morgan fingerprint density at radius 3 is 2.75 bits per heavy atom. The molecule has 1 heterocycles. The first-order valence-corrected chi connectivity index (χ1v) is 5.77. The van der Waals surface area contributed by atoms with E-state index in [4.69, 9.17) is 0 Å². The van der Waals surface area contributed by atoms with Crippen molar-refractivity contribution in [2.45, 2.75) is 25.2 Å². The third-order valence-corrected chi connectivity index (χ3v) is 3.84. The topological polar surface area (TPSA) is 32.3 Å². The molecule has 0 atom stereocenters. The molecule has 1 amide bonds. The molecule has 3 heteroatoms. The van der Waals surface area contributed by atoms with Crippen LogP contribution in [0.3, 0.4) is 0 Å². The monoisotopic (exact) mass is 216 g/mol. The zero-order chi connectivity index (χ0) is 11.3. The molecule has 84 valence electrons. The third-order valence-electron chi connectivity index (χ3n) is 3.84. The number of amides is 1. The van der Waals surface area contributed by atoms with Crippen molar-refractivity contribution in [1.82, 2.24) is 0 Å². The molecular formula is C13H16N2O. The average molecular weight is 216 g/mol. The highest BCUT2D eigenvalue weighted by Gasteiger charge is 2.52. The van der Waals surface area contributed by atoms with E-state index in [2.05, 4.69) is 23.5 Å². The predicted octanol–water partition coefficient (Wildman–Crippen LogP) is 2.13. The molecule has 1 saturated carbocycles. The number of anilines is 2. The molecule has 1 aliphatic heterocycles. The van der Waals surface area contributed by atoms with E-state index in [0.29, 0.717) is 5.41 Å². The van der Waals surface area contributed by atoms with Gasteiger partial charge in [0.25, 0.3) is 0 Å². The lowest BCUT2D eigenvalue weighted by molar-refractivity contribution is -0.116. The van der Waals surface area contributed by atoms with Gasteiger partial charge in [-0.25, -0.2) is 0 Å². The van der Waals surface area contributed by atoms with Crippen molar-refractivity contribution >= 4 is 17.3 Å². The van der Waals surface area contributed by atoms with Crippen LogP contribution in [-0.4, -0.2) is 19.5 Å². The Balaban J connectivity index is 2.11. The number of hydrogen-bond acceptors (Lipinski definition) is 2. The lowest BCUT2D eigenvalue weighted by Gasteiger charge is -2.15.